The number of anilines is 1. The fourth-order valence-electron chi connectivity index (χ4n) is 4.10. The molecule has 0 saturated heterocycles. The molecular weight excluding hydrogens is 522 g/mol. The van der Waals surface area contributed by atoms with Crippen molar-refractivity contribution in [3.8, 4) is 11.5 Å². The van der Waals surface area contributed by atoms with Crippen molar-refractivity contribution in [1.29, 1.82) is 0 Å². The summed E-state index contributed by atoms with van der Waals surface area (Å²) in [5, 5.41) is 13.0. The first kappa shape index (κ1) is 24.9. The number of aromatic nitrogens is 1. The van der Waals surface area contributed by atoms with Gasteiger partial charge in [0.05, 0.1) is 10.7 Å². The van der Waals surface area contributed by atoms with Crippen LogP contribution in [0.1, 0.15) is 40.5 Å². The number of hydrogen-bond acceptors (Lipinski definition) is 8. The van der Waals surface area contributed by atoms with Crippen molar-refractivity contribution in [3.05, 3.63) is 69.7 Å². The SMILES string of the molecule is NC(CCSC(c1cnc(NC(=O)C2(c3ccc4c(c3)OCO4)CC2)s1)c1ccccc1Cl)C(=O)O. The van der Waals surface area contributed by atoms with E-state index in [4.69, 9.17) is 31.9 Å². The average Bonchev–Trinajstić information content (AvgIpc) is 3.33. The molecule has 5 rings (SSSR count). The Bertz CT molecular complexity index is 1300. The second-order valence-corrected chi connectivity index (χ2v) is 11.4. The van der Waals surface area contributed by atoms with Gasteiger partial charge in [0.15, 0.2) is 16.6 Å². The summed E-state index contributed by atoms with van der Waals surface area (Å²) in [7, 11) is 0. The molecule has 1 fully saturated rings. The molecule has 0 bridgehead atoms. The summed E-state index contributed by atoms with van der Waals surface area (Å²) in [6.07, 6.45) is 3.55. The summed E-state index contributed by atoms with van der Waals surface area (Å²) in [6, 6.07) is 12.2. The van der Waals surface area contributed by atoms with Gasteiger partial charge in [-0.1, -0.05) is 35.9 Å². The molecule has 188 valence electrons. The van der Waals surface area contributed by atoms with Gasteiger partial charge in [0.25, 0.3) is 0 Å². The third kappa shape index (κ3) is 5.04. The van der Waals surface area contributed by atoms with Gasteiger partial charge in [0.1, 0.15) is 6.04 Å². The smallest absolute Gasteiger partial charge is 0.320 e. The van der Waals surface area contributed by atoms with Gasteiger partial charge in [0, 0.05) is 16.1 Å². The third-order valence-corrected chi connectivity index (χ3v) is 9.11. The van der Waals surface area contributed by atoms with Crippen LogP contribution in [0, 0.1) is 0 Å². The summed E-state index contributed by atoms with van der Waals surface area (Å²) in [5.41, 5.74) is 6.88. The van der Waals surface area contributed by atoms with Crippen LogP contribution in [0.2, 0.25) is 5.02 Å². The van der Waals surface area contributed by atoms with Crippen molar-refractivity contribution >= 4 is 51.7 Å². The number of rotatable bonds is 10. The van der Waals surface area contributed by atoms with E-state index in [0.29, 0.717) is 33.8 Å². The lowest BCUT2D eigenvalue weighted by Crippen LogP contribution is -2.30. The molecule has 2 aromatic carbocycles. The van der Waals surface area contributed by atoms with Crippen molar-refractivity contribution in [3.63, 3.8) is 0 Å². The highest BCUT2D eigenvalue weighted by atomic mass is 35.5. The molecule has 1 saturated carbocycles. The molecule has 36 heavy (non-hydrogen) atoms. The Labute approximate surface area is 221 Å². The van der Waals surface area contributed by atoms with Gasteiger partial charge in [-0.05, 0) is 54.3 Å². The van der Waals surface area contributed by atoms with Crippen LogP contribution in [0.3, 0.4) is 0 Å². The Morgan fingerprint density at radius 2 is 2.00 bits per heavy atom. The molecule has 2 heterocycles. The minimum atomic E-state index is -1.02. The van der Waals surface area contributed by atoms with Crippen molar-refractivity contribution in [2.75, 3.05) is 17.9 Å². The molecule has 1 aliphatic heterocycles. The van der Waals surface area contributed by atoms with E-state index >= 15 is 0 Å². The van der Waals surface area contributed by atoms with Crippen LogP contribution in [0.25, 0.3) is 0 Å². The number of carbonyl (C=O) groups excluding carboxylic acids is 1. The van der Waals surface area contributed by atoms with Crippen LogP contribution in [-0.2, 0) is 15.0 Å². The maximum absolute atomic E-state index is 13.3. The number of hydrogen-bond donors (Lipinski definition) is 3. The van der Waals surface area contributed by atoms with Crippen LogP contribution in [0.4, 0.5) is 5.13 Å². The minimum absolute atomic E-state index is 0.100. The van der Waals surface area contributed by atoms with Gasteiger partial charge in [-0.2, -0.15) is 0 Å². The van der Waals surface area contributed by atoms with Crippen molar-refractivity contribution in [1.82, 2.24) is 4.98 Å². The van der Waals surface area contributed by atoms with E-state index in [0.717, 1.165) is 28.8 Å². The zero-order valence-corrected chi connectivity index (χ0v) is 21.5. The average molecular weight is 546 g/mol. The van der Waals surface area contributed by atoms with Crippen LogP contribution >= 0.6 is 34.7 Å². The number of thiazole rings is 1. The fourth-order valence-corrected chi connectivity index (χ4v) is 6.80. The number of nitrogens with two attached hydrogens (primary N) is 1. The zero-order chi connectivity index (χ0) is 25.3. The van der Waals surface area contributed by atoms with E-state index in [1.165, 1.54) is 11.3 Å². The summed E-state index contributed by atoms with van der Waals surface area (Å²) in [4.78, 5) is 29.8. The lowest BCUT2D eigenvalue weighted by molar-refractivity contribution is -0.138. The number of thioether (sulfide) groups is 1. The van der Waals surface area contributed by atoms with Crippen LogP contribution in [0.5, 0.6) is 11.5 Å². The van der Waals surface area contributed by atoms with E-state index < -0.39 is 17.4 Å². The van der Waals surface area contributed by atoms with E-state index in [1.54, 1.807) is 18.0 Å². The number of aliphatic carboxylic acids is 1. The standard InChI is InChI=1S/C25H24ClN3O5S2/c26-16-4-2-1-3-15(16)21(35-10-7-17(27)22(30)31)20-12-28-24(36-20)29-23(32)25(8-9-25)14-5-6-18-19(11-14)34-13-33-18/h1-6,11-12,17,21H,7-10,13,27H2,(H,30,31)(H,28,29,32). The highest BCUT2D eigenvalue weighted by Gasteiger charge is 2.52. The van der Waals surface area contributed by atoms with Crippen molar-refractivity contribution in [2.24, 2.45) is 5.73 Å². The normalized spacial score (nSPS) is 16.8. The first-order valence-electron chi connectivity index (χ1n) is 11.4. The first-order chi connectivity index (χ1) is 17.4. The van der Waals surface area contributed by atoms with Crippen molar-refractivity contribution in [2.45, 2.75) is 36.0 Å². The number of benzene rings is 2. The molecular formula is C25H24ClN3O5S2. The number of fused-ring (bicyclic) bond motifs is 1. The van der Waals surface area contributed by atoms with E-state index in [-0.39, 0.29) is 18.0 Å². The fraction of sp³-hybridized carbons (Fsp3) is 0.320. The molecule has 1 aromatic heterocycles. The molecule has 2 unspecified atom stereocenters. The molecule has 4 N–H and O–H groups in total. The number of carboxylic acid groups (broad SMARTS) is 1. The summed E-state index contributed by atoms with van der Waals surface area (Å²) in [6.45, 7) is 0.187. The molecule has 2 aliphatic rings. The number of nitrogens with zero attached hydrogens (tertiary/aromatic N) is 1. The zero-order valence-electron chi connectivity index (χ0n) is 19.1. The number of carboxylic acids is 1. The number of halogens is 1. The number of ether oxygens (including phenoxy) is 2. The number of amides is 1. The maximum atomic E-state index is 13.3. The van der Waals surface area contributed by atoms with Crippen LogP contribution in [0.15, 0.2) is 48.7 Å². The second kappa shape index (κ2) is 10.3. The summed E-state index contributed by atoms with van der Waals surface area (Å²) < 4.78 is 10.9. The Hall–Kier alpha value is -2.79. The highest BCUT2D eigenvalue weighted by molar-refractivity contribution is 7.99. The molecule has 11 heteroatoms. The molecule has 0 radical (unpaired) electrons. The van der Waals surface area contributed by atoms with Gasteiger partial charge >= 0.3 is 5.97 Å². The lowest BCUT2D eigenvalue weighted by atomic mass is 9.94. The lowest BCUT2D eigenvalue weighted by Gasteiger charge is -2.17. The van der Waals surface area contributed by atoms with Gasteiger partial charge in [0.2, 0.25) is 12.7 Å². The maximum Gasteiger partial charge on any atom is 0.320 e. The van der Waals surface area contributed by atoms with Crippen molar-refractivity contribution < 1.29 is 24.2 Å². The highest BCUT2D eigenvalue weighted by Crippen LogP contribution is 2.51. The minimum Gasteiger partial charge on any atom is -0.480 e. The van der Waals surface area contributed by atoms with E-state index in [1.807, 2.05) is 42.5 Å². The molecule has 3 aromatic rings. The van der Waals surface area contributed by atoms with E-state index in [2.05, 4.69) is 10.3 Å². The molecule has 8 nitrogen and oxygen atoms in total. The number of carbonyl (C=O) groups is 2. The van der Waals surface area contributed by atoms with E-state index in [9.17, 15) is 9.59 Å². The van der Waals surface area contributed by atoms with Gasteiger partial charge in [-0.15, -0.1) is 23.1 Å². The topological polar surface area (TPSA) is 124 Å². The Balaban J connectivity index is 1.32. The summed E-state index contributed by atoms with van der Waals surface area (Å²) in [5.74, 6) is 0.744. The summed E-state index contributed by atoms with van der Waals surface area (Å²) >= 11 is 9.42. The Morgan fingerprint density at radius 3 is 2.75 bits per heavy atom. The second-order valence-electron chi connectivity index (χ2n) is 8.68. The first-order valence-corrected chi connectivity index (χ1v) is 13.6. The van der Waals surface area contributed by atoms with Gasteiger partial charge in [-0.25, -0.2) is 4.98 Å². The largest absolute Gasteiger partial charge is 0.480 e. The molecule has 0 spiro atoms. The molecule has 1 amide bonds. The monoisotopic (exact) mass is 545 g/mol. The third-order valence-electron chi connectivity index (χ3n) is 6.33. The number of nitrogens with one attached hydrogen (secondary N) is 1. The predicted molar refractivity (Wildman–Crippen MR) is 140 cm³/mol. The van der Waals surface area contributed by atoms with Gasteiger partial charge in [-0.3, -0.25) is 9.59 Å². The van der Waals surface area contributed by atoms with Crippen LogP contribution in [-0.4, -0.2) is 40.6 Å². The molecule has 1 aliphatic carbocycles. The van der Waals surface area contributed by atoms with Crippen LogP contribution < -0.4 is 20.5 Å². The van der Waals surface area contributed by atoms with Gasteiger partial charge < -0.3 is 25.6 Å². The Morgan fingerprint density at radius 1 is 1.22 bits per heavy atom. The Kier molecular flexibility index (Phi) is 7.11. The predicted octanol–water partition coefficient (Wildman–Crippen LogP) is 4.82. The quantitative estimate of drug-likeness (QED) is 0.331. The molecule has 2 atom stereocenters.